The summed E-state index contributed by atoms with van der Waals surface area (Å²) in [7, 11) is 1.61. The smallest absolute Gasteiger partial charge is 0.224 e. The number of hydrogen-bond acceptors (Lipinski definition) is 3. The van der Waals surface area contributed by atoms with Crippen LogP contribution in [-0.2, 0) is 16.8 Å². The molecule has 1 unspecified atom stereocenters. The number of aliphatic hydroxyl groups is 1. The summed E-state index contributed by atoms with van der Waals surface area (Å²) in [5.74, 6) is 0.584. The fourth-order valence-electron chi connectivity index (χ4n) is 2.93. The van der Waals surface area contributed by atoms with Gasteiger partial charge < -0.3 is 20.1 Å². The first-order valence-corrected chi connectivity index (χ1v) is 8.19. The Morgan fingerprint density at radius 3 is 2.68 bits per heavy atom. The highest BCUT2D eigenvalue weighted by molar-refractivity contribution is 5.93. The quantitative estimate of drug-likeness (QED) is 0.647. The van der Waals surface area contributed by atoms with E-state index in [2.05, 4.69) is 10.3 Å². The molecule has 3 N–H and O–H groups in total. The van der Waals surface area contributed by atoms with Gasteiger partial charge in [-0.1, -0.05) is 36.4 Å². The van der Waals surface area contributed by atoms with Crippen LogP contribution in [0.4, 0.5) is 0 Å². The molecule has 0 aliphatic carbocycles. The van der Waals surface area contributed by atoms with Crippen molar-refractivity contribution in [2.45, 2.75) is 18.9 Å². The number of H-pyrrole nitrogens is 1. The van der Waals surface area contributed by atoms with E-state index in [9.17, 15) is 9.90 Å². The summed E-state index contributed by atoms with van der Waals surface area (Å²) >= 11 is 0. The second-order valence-corrected chi connectivity index (χ2v) is 6.29. The highest BCUT2D eigenvalue weighted by Crippen LogP contribution is 2.28. The topological polar surface area (TPSA) is 74.4 Å². The molecule has 1 aromatic heterocycles. The molecule has 0 radical (unpaired) electrons. The van der Waals surface area contributed by atoms with Crippen LogP contribution in [0.15, 0.2) is 54.7 Å². The molecule has 0 saturated carbocycles. The van der Waals surface area contributed by atoms with E-state index in [1.54, 1.807) is 14.0 Å². The summed E-state index contributed by atoms with van der Waals surface area (Å²) in [6, 6.07) is 15.0. The van der Waals surface area contributed by atoms with Crippen LogP contribution in [0.1, 0.15) is 18.1 Å². The van der Waals surface area contributed by atoms with Crippen LogP contribution in [-0.4, -0.2) is 29.7 Å². The van der Waals surface area contributed by atoms with Crippen molar-refractivity contribution in [3.05, 3.63) is 65.9 Å². The third kappa shape index (κ3) is 3.67. The maximum atomic E-state index is 12.4. The van der Waals surface area contributed by atoms with Crippen LogP contribution in [0.3, 0.4) is 0 Å². The Morgan fingerprint density at radius 1 is 1.20 bits per heavy atom. The van der Waals surface area contributed by atoms with Crippen LogP contribution in [0.2, 0.25) is 0 Å². The lowest BCUT2D eigenvalue weighted by molar-refractivity contribution is -0.121. The molecule has 25 heavy (non-hydrogen) atoms. The van der Waals surface area contributed by atoms with Crippen LogP contribution in [0.5, 0.6) is 5.75 Å². The molecule has 1 atom stereocenters. The van der Waals surface area contributed by atoms with E-state index in [1.165, 1.54) is 0 Å². The summed E-state index contributed by atoms with van der Waals surface area (Å²) in [5, 5.41) is 14.3. The van der Waals surface area contributed by atoms with Crippen molar-refractivity contribution in [2.24, 2.45) is 0 Å². The lowest BCUT2D eigenvalue weighted by Crippen LogP contribution is -2.39. The molecule has 5 nitrogen and oxygen atoms in total. The largest absolute Gasteiger partial charge is 0.496 e. The van der Waals surface area contributed by atoms with Crippen molar-refractivity contribution in [1.82, 2.24) is 10.3 Å². The fourth-order valence-corrected chi connectivity index (χ4v) is 2.93. The molecule has 130 valence electrons. The van der Waals surface area contributed by atoms with Crippen molar-refractivity contribution in [1.29, 1.82) is 0 Å². The summed E-state index contributed by atoms with van der Waals surface area (Å²) in [6.07, 6.45) is 2.04. The van der Waals surface area contributed by atoms with E-state index in [4.69, 9.17) is 4.74 Å². The van der Waals surface area contributed by atoms with Gasteiger partial charge in [-0.05, 0) is 30.2 Å². The number of aromatic amines is 1. The minimum atomic E-state index is -1.12. The Labute approximate surface area is 146 Å². The average molecular weight is 338 g/mol. The fraction of sp³-hybridized carbons (Fsp3) is 0.250. The first-order chi connectivity index (χ1) is 12.0. The zero-order chi connectivity index (χ0) is 17.9. The highest BCUT2D eigenvalue weighted by atomic mass is 16.5. The standard InChI is InChI=1S/C20H22N2O3/c1-20(24,15-7-4-3-5-8-15)13-22-18(23)11-14-12-21-16-9-6-10-17(25-2)19(14)16/h3-10,12,21,24H,11,13H2,1-2H3,(H,22,23). The van der Waals surface area contributed by atoms with Gasteiger partial charge in [-0.25, -0.2) is 0 Å². The van der Waals surface area contributed by atoms with Gasteiger partial charge in [-0.3, -0.25) is 4.79 Å². The van der Waals surface area contributed by atoms with Crippen LogP contribution < -0.4 is 10.1 Å². The number of carbonyl (C=O) groups is 1. The Balaban J connectivity index is 1.69. The minimum absolute atomic E-state index is 0.148. The third-order valence-corrected chi connectivity index (χ3v) is 4.35. The number of fused-ring (bicyclic) bond motifs is 1. The zero-order valence-corrected chi connectivity index (χ0v) is 14.4. The number of hydrogen-bond donors (Lipinski definition) is 3. The third-order valence-electron chi connectivity index (χ3n) is 4.35. The van der Waals surface area contributed by atoms with Gasteiger partial charge in [0.1, 0.15) is 11.4 Å². The average Bonchev–Trinajstić information content (AvgIpc) is 3.04. The number of methoxy groups -OCH3 is 1. The van der Waals surface area contributed by atoms with Crippen LogP contribution in [0.25, 0.3) is 10.9 Å². The predicted octanol–water partition coefficient (Wildman–Crippen LogP) is 2.74. The van der Waals surface area contributed by atoms with Gasteiger partial charge in [0.15, 0.2) is 0 Å². The summed E-state index contributed by atoms with van der Waals surface area (Å²) in [4.78, 5) is 15.5. The molecule has 0 fully saturated rings. The zero-order valence-electron chi connectivity index (χ0n) is 14.4. The second-order valence-electron chi connectivity index (χ2n) is 6.29. The van der Waals surface area contributed by atoms with Gasteiger partial charge in [-0.2, -0.15) is 0 Å². The SMILES string of the molecule is COc1cccc2[nH]cc(CC(=O)NCC(C)(O)c3ccccc3)c12. The number of benzene rings is 2. The van der Waals surface area contributed by atoms with Gasteiger partial charge in [0.2, 0.25) is 5.91 Å². The molecule has 0 bridgehead atoms. The van der Waals surface area contributed by atoms with Gasteiger partial charge >= 0.3 is 0 Å². The number of amides is 1. The Kier molecular flexibility index (Phi) is 4.76. The molecule has 0 saturated heterocycles. The second kappa shape index (κ2) is 6.99. The number of nitrogens with one attached hydrogen (secondary N) is 2. The summed E-state index contributed by atoms with van der Waals surface area (Å²) < 4.78 is 5.39. The van der Waals surface area contributed by atoms with E-state index in [-0.39, 0.29) is 18.9 Å². The molecule has 5 heteroatoms. The van der Waals surface area contributed by atoms with E-state index in [1.807, 2.05) is 54.7 Å². The molecular weight excluding hydrogens is 316 g/mol. The van der Waals surface area contributed by atoms with Crippen LogP contribution >= 0.6 is 0 Å². The first kappa shape index (κ1) is 17.0. The lowest BCUT2D eigenvalue weighted by Gasteiger charge is -2.24. The van der Waals surface area contributed by atoms with Crippen LogP contribution in [0, 0.1) is 0 Å². The lowest BCUT2D eigenvalue weighted by atomic mass is 9.96. The number of ether oxygens (including phenoxy) is 1. The van der Waals surface area contributed by atoms with Crippen molar-refractivity contribution < 1.29 is 14.6 Å². The van der Waals surface area contributed by atoms with Gasteiger partial charge in [0.25, 0.3) is 0 Å². The minimum Gasteiger partial charge on any atom is -0.496 e. The van der Waals surface area contributed by atoms with Crippen molar-refractivity contribution in [3.63, 3.8) is 0 Å². The van der Waals surface area contributed by atoms with E-state index in [0.717, 1.165) is 27.8 Å². The number of aromatic nitrogens is 1. The Morgan fingerprint density at radius 2 is 1.96 bits per heavy atom. The molecule has 1 amide bonds. The van der Waals surface area contributed by atoms with Crippen molar-refractivity contribution in [2.75, 3.05) is 13.7 Å². The molecule has 3 aromatic rings. The van der Waals surface area contributed by atoms with Gasteiger partial charge in [0, 0.05) is 17.1 Å². The highest BCUT2D eigenvalue weighted by Gasteiger charge is 2.23. The maximum Gasteiger partial charge on any atom is 0.224 e. The molecule has 0 aliphatic heterocycles. The number of rotatable bonds is 6. The maximum absolute atomic E-state index is 12.4. The molecule has 0 spiro atoms. The Bertz CT molecular complexity index is 869. The molecule has 1 heterocycles. The normalized spacial score (nSPS) is 13.4. The van der Waals surface area contributed by atoms with Crippen molar-refractivity contribution in [3.8, 4) is 5.75 Å². The van der Waals surface area contributed by atoms with E-state index >= 15 is 0 Å². The first-order valence-electron chi connectivity index (χ1n) is 8.19. The molecule has 3 rings (SSSR count). The molecular formula is C20H22N2O3. The van der Waals surface area contributed by atoms with E-state index in [0.29, 0.717) is 0 Å². The van der Waals surface area contributed by atoms with Gasteiger partial charge in [0.05, 0.1) is 20.1 Å². The van der Waals surface area contributed by atoms with Gasteiger partial charge in [-0.15, -0.1) is 0 Å². The van der Waals surface area contributed by atoms with Crippen molar-refractivity contribution >= 4 is 16.8 Å². The number of carbonyl (C=O) groups excluding carboxylic acids is 1. The molecule has 0 aliphatic rings. The monoisotopic (exact) mass is 338 g/mol. The Hall–Kier alpha value is -2.79. The van der Waals surface area contributed by atoms with E-state index < -0.39 is 5.60 Å². The predicted molar refractivity (Wildman–Crippen MR) is 97.6 cm³/mol. The summed E-state index contributed by atoms with van der Waals surface area (Å²) in [6.45, 7) is 1.84. The molecule has 2 aromatic carbocycles. The summed E-state index contributed by atoms with van der Waals surface area (Å²) in [5.41, 5.74) is 1.45.